The van der Waals surface area contributed by atoms with Crippen LogP contribution in [0.2, 0.25) is 0 Å². The average Bonchev–Trinajstić information content (AvgIpc) is 2.40. The Morgan fingerprint density at radius 1 is 0.824 bits per heavy atom. The Bertz CT molecular complexity index is 525. The van der Waals surface area contributed by atoms with E-state index in [0.717, 1.165) is 0 Å². The Balaban J connectivity index is 2.35. The van der Waals surface area contributed by atoms with Crippen molar-refractivity contribution in [3.63, 3.8) is 0 Å². The Hall–Kier alpha value is -2.00. The quantitative estimate of drug-likeness (QED) is 0.663. The van der Waals surface area contributed by atoms with Crippen LogP contribution in [0.5, 0.6) is 0 Å². The molecule has 0 unspecified atom stereocenters. The first-order chi connectivity index (χ1) is 8.13. The molecule has 0 saturated heterocycles. The average molecular weight is 220 g/mol. The van der Waals surface area contributed by atoms with Crippen molar-refractivity contribution in [2.24, 2.45) is 0 Å². The van der Waals surface area contributed by atoms with Gasteiger partial charge in [-0.05, 0) is 30.5 Å². The third-order valence-electron chi connectivity index (χ3n) is 3.07. The van der Waals surface area contributed by atoms with E-state index in [4.69, 9.17) is 6.42 Å². The van der Waals surface area contributed by atoms with Gasteiger partial charge in [0.25, 0.3) is 0 Å². The Labute approximate surface area is 103 Å². The van der Waals surface area contributed by atoms with Crippen molar-refractivity contribution in [2.45, 2.75) is 19.3 Å². The van der Waals surface area contributed by atoms with Gasteiger partial charge in [0.05, 0.1) is 5.41 Å². The fourth-order valence-corrected chi connectivity index (χ4v) is 1.79. The van der Waals surface area contributed by atoms with Gasteiger partial charge in [-0.2, -0.15) is 0 Å². The van der Waals surface area contributed by atoms with Crippen molar-refractivity contribution >= 4 is 0 Å². The summed E-state index contributed by atoms with van der Waals surface area (Å²) in [6.45, 7) is 4.12. The zero-order chi connectivity index (χ0) is 12.3. The topological polar surface area (TPSA) is 0 Å². The van der Waals surface area contributed by atoms with Crippen LogP contribution in [0.1, 0.15) is 19.4 Å². The lowest BCUT2D eigenvalue weighted by Gasteiger charge is -2.18. The van der Waals surface area contributed by atoms with Crippen molar-refractivity contribution in [2.75, 3.05) is 0 Å². The first kappa shape index (κ1) is 11.5. The molecule has 0 spiro atoms. The molecule has 0 heteroatoms. The molecule has 0 aliphatic carbocycles. The van der Waals surface area contributed by atoms with Crippen molar-refractivity contribution in [3.8, 4) is 23.5 Å². The summed E-state index contributed by atoms with van der Waals surface area (Å²) in [6.07, 6.45) is 5.54. The van der Waals surface area contributed by atoms with E-state index in [-0.39, 0.29) is 5.41 Å². The second-order valence-corrected chi connectivity index (χ2v) is 4.71. The van der Waals surface area contributed by atoms with E-state index < -0.39 is 0 Å². The molecule has 0 aromatic heterocycles. The summed E-state index contributed by atoms with van der Waals surface area (Å²) in [7, 11) is 0. The lowest BCUT2D eigenvalue weighted by molar-refractivity contribution is 0.699. The number of terminal acetylenes is 1. The van der Waals surface area contributed by atoms with Crippen molar-refractivity contribution in [1.29, 1.82) is 0 Å². The molecule has 0 atom stereocenters. The standard InChI is InChI=1S/C17H16/c1-4-17(2,3)16-12-10-15(11-13-16)14-8-6-5-7-9-14/h1,5-13H,2-3H3. The molecule has 0 amide bonds. The van der Waals surface area contributed by atoms with Crippen LogP contribution in [0.15, 0.2) is 54.6 Å². The monoisotopic (exact) mass is 220 g/mol. The molecule has 0 bridgehead atoms. The Kier molecular flexibility index (Phi) is 3.02. The molecule has 0 saturated carbocycles. The first-order valence-corrected chi connectivity index (χ1v) is 5.77. The van der Waals surface area contributed by atoms with Gasteiger partial charge in [-0.1, -0.05) is 60.5 Å². The number of rotatable bonds is 2. The van der Waals surface area contributed by atoms with Gasteiger partial charge < -0.3 is 0 Å². The SMILES string of the molecule is C#CC(C)(C)c1ccc(-c2ccccc2)cc1. The highest BCUT2D eigenvalue weighted by Crippen LogP contribution is 2.25. The van der Waals surface area contributed by atoms with Gasteiger partial charge in [0.2, 0.25) is 0 Å². The number of hydrogen-bond acceptors (Lipinski definition) is 0. The van der Waals surface area contributed by atoms with Crippen molar-refractivity contribution in [1.82, 2.24) is 0 Å². The van der Waals surface area contributed by atoms with E-state index in [9.17, 15) is 0 Å². The maximum atomic E-state index is 5.54. The number of benzene rings is 2. The zero-order valence-electron chi connectivity index (χ0n) is 10.3. The second-order valence-electron chi connectivity index (χ2n) is 4.71. The molecule has 2 aromatic rings. The molecule has 0 radical (unpaired) electrons. The van der Waals surface area contributed by atoms with Gasteiger partial charge in [0.1, 0.15) is 0 Å². The van der Waals surface area contributed by atoms with E-state index >= 15 is 0 Å². The minimum absolute atomic E-state index is 0.199. The molecule has 0 N–H and O–H groups in total. The predicted molar refractivity (Wildman–Crippen MR) is 73.7 cm³/mol. The van der Waals surface area contributed by atoms with E-state index in [0.29, 0.717) is 0 Å². The van der Waals surface area contributed by atoms with Crippen LogP contribution in [0.4, 0.5) is 0 Å². The van der Waals surface area contributed by atoms with E-state index in [1.165, 1.54) is 16.7 Å². The van der Waals surface area contributed by atoms with Gasteiger partial charge in [-0.25, -0.2) is 0 Å². The van der Waals surface area contributed by atoms with Crippen LogP contribution in [0, 0.1) is 12.3 Å². The molecule has 0 heterocycles. The third-order valence-corrected chi connectivity index (χ3v) is 3.07. The van der Waals surface area contributed by atoms with Crippen LogP contribution in [-0.2, 0) is 5.41 Å². The molecule has 0 aliphatic rings. The van der Waals surface area contributed by atoms with Crippen LogP contribution in [-0.4, -0.2) is 0 Å². The lowest BCUT2D eigenvalue weighted by atomic mass is 9.85. The van der Waals surface area contributed by atoms with E-state index in [1.807, 2.05) is 6.07 Å². The van der Waals surface area contributed by atoms with Crippen LogP contribution in [0.3, 0.4) is 0 Å². The zero-order valence-corrected chi connectivity index (χ0v) is 10.3. The fraction of sp³-hybridized carbons (Fsp3) is 0.176. The minimum Gasteiger partial charge on any atom is -0.119 e. The molecule has 0 nitrogen and oxygen atoms in total. The lowest BCUT2D eigenvalue weighted by Crippen LogP contribution is -2.13. The van der Waals surface area contributed by atoms with Crippen molar-refractivity contribution < 1.29 is 0 Å². The van der Waals surface area contributed by atoms with Gasteiger partial charge in [0.15, 0.2) is 0 Å². The third kappa shape index (κ3) is 2.40. The molecule has 0 aliphatic heterocycles. The molecule has 0 fully saturated rings. The largest absolute Gasteiger partial charge is 0.119 e. The van der Waals surface area contributed by atoms with Crippen LogP contribution < -0.4 is 0 Å². The summed E-state index contributed by atoms with van der Waals surface area (Å²) in [5.41, 5.74) is 3.44. The highest BCUT2D eigenvalue weighted by Gasteiger charge is 2.16. The normalized spacial score (nSPS) is 10.9. The maximum Gasteiger partial charge on any atom is 0.0504 e. The second kappa shape index (κ2) is 4.47. The summed E-state index contributed by atoms with van der Waals surface area (Å²) in [4.78, 5) is 0. The summed E-state index contributed by atoms with van der Waals surface area (Å²) in [6, 6.07) is 18.8. The summed E-state index contributed by atoms with van der Waals surface area (Å²) in [5, 5.41) is 0. The van der Waals surface area contributed by atoms with E-state index in [1.54, 1.807) is 0 Å². The molecular weight excluding hydrogens is 204 g/mol. The molecule has 17 heavy (non-hydrogen) atoms. The number of hydrogen-bond donors (Lipinski definition) is 0. The first-order valence-electron chi connectivity index (χ1n) is 5.77. The molecule has 2 aromatic carbocycles. The maximum absolute atomic E-state index is 5.54. The van der Waals surface area contributed by atoms with Crippen LogP contribution >= 0.6 is 0 Å². The summed E-state index contributed by atoms with van der Waals surface area (Å²) < 4.78 is 0. The Morgan fingerprint density at radius 2 is 1.35 bits per heavy atom. The predicted octanol–water partition coefficient (Wildman–Crippen LogP) is 4.26. The van der Waals surface area contributed by atoms with Gasteiger partial charge in [-0.15, -0.1) is 6.42 Å². The van der Waals surface area contributed by atoms with Gasteiger partial charge in [0, 0.05) is 0 Å². The summed E-state index contributed by atoms with van der Waals surface area (Å²) in [5.74, 6) is 2.82. The molecular formula is C17H16. The van der Waals surface area contributed by atoms with Gasteiger partial charge in [-0.3, -0.25) is 0 Å². The smallest absolute Gasteiger partial charge is 0.0504 e. The van der Waals surface area contributed by atoms with Crippen LogP contribution in [0.25, 0.3) is 11.1 Å². The van der Waals surface area contributed by atoms with E-state index in [2.05, 4.69) is 68.3 Å². The Morgan fingerprint density at radius 3 is 1.88 bits per heavy atom. The molecule has 84 valence electrons. The minimum atomic E-state index is -0.199. The highest BCUT2D eigenvalue weighted by molar-refractivity contribution is 5.63. The van der Waals surface area contributed by atoms with Crippen molar-refractivity contribution in [3.05, 3.63) is 60.2 Å². The highest BCUT2D eigenvalue weighted by atomic mass is 14.2. The summed E-state index contributed by atoms with van der Waals surface area (Å²) >= 11 is 0. The van der Waals surface area contributed by atoms with Gasteiger partial charge >= 0.3 is 0 Å². The fourth-order valence-electron chi connectivity index (χ4n) is 1.79. The molecule has 2 rings (SSSR count).